The summed E-state index contributed by atoms with van der Waals surface area (Å²) < 4.78 is 0. The molecule has 0 saturated carbocycles. The van der Waals surface area contributed by atoms with Crippen LogP contribution < -0.4 is 5.32 Å². The van der Waals surface area contributed by atoms with Crippen molar-refractivity contribution in [3.63, 3.8) is 0 Å². The van der Waals surface area contributed by atoms with Crippen LogP contribution in [0.25, 0.3) is 0 Å². The van der Waals surface area contributed by atoms with Crippen molar-refractivity contribution in [3.05, 3.63) is 35.9 Å². The molecule has 1 heterocycles. The lowest BCUT2D eigenvalue weighted by molar-refractivity contribution is 0.0294. The van der Waals surface area contributed by atoms with E-state index >= 15 is 0 Å². The van der Waals surface area contributed by atoms with Gasteiger partial charge in [0.25, 0.3) is 0 Å². The van der Waals surface area contributed by atoms with Gasteiger partial charge in [-0.05, 0) is 24.8 Å². The third-order valence-corrected chi connectivity index (χ3v) is 5.23. The van der Waals surface area contributed by atoms with Gasteiger partial charge in [-0.25, -0.2) is 0 Å². The van der Waals surface area contributed by atoms with Crippen molar-refractivity contribution in [2.45, 2.75) is 58.7 Å². The van der Waals surface area contributed by atoms with Crippen LogP contribution in [0.15, 0.2) is 30.3 Å². The Balaban J connectivity index is 2.11. The summed E-state index contributed by atoms with van der Waals surface area (Å²) in [5.74, 6) is 0.745. The number of piperazine rings is 1. The fourth-order valence-electron chi connectivity index (χ4n) is 3.06. The summed E-state index contributed by atoms with van der Waals surface area (Å²) in [6.45, 7) is 12.7. The summed E-state index contributed by atoms with van der Waals surface area (Å²) in [5, 5.41) is 3.79. The van der Waals surface area contributed by atoms with Crippen LogP contribution in [0, 0.1) is 5.92 Å². The van der Waals surface area contributed by atoms with Gasteiger partial charge in [0.05, 0.1) is 0 Å². The largest absolute Gasteiger partial charge is 0.311 e. The SMILES string of the molecule is CCC(C)C1CN(Cc2ccccc2)C(C)(CC)CN1. The van der Waals surface area contributed by atoms with E-state index in [1.54, 1.807) is 0 Å². The van der Waals surface area contributed by atoms with Gasteiger partial charge in [0, 0.05) is 31.2 Å². The van der Waals surface area contributed by atoms with Crippen LogP contribution in [-0.4, -0.2) is 29.6 Å². The Hall–Kier alpha value is -0.860. The highest BCUT2D eigenvalue weighted by Crippen LogP contribution is 2.27. The fourth-order valence-corrected chi connectivity index (χ4v) is 3.06. The first-order chi connectivity index (χ1) is 9.59. The lowest BCUT2D eigenvalue weighted by Gasteiger charge is -2.49. The second kappa shape index (κ2) is 6.73. The molecule has 2 nitrogen and oxygen atoms in total. The molecule has 2 rings (SSSR count). The molecule has 1 aromatic rings. The average molecular weight is 274 g/mol. The van der Waals surface area contributed by atoms with Gasteiger partial charge in [-0.3, -0.25) is 4.90 Å². The molecular formula is C18H30N2. The van der Waals surface area contributed by atoms with E-state index < -0.39 is 0 Å². The van der Waals surface area contributed by atoms with Crippen LogP contribution in [0.3, 0.4) is 0 Å². The summed E-state index contributed by atoms with van der Waals surface area (Å²) in [6.07, 6.45) is 2.44. The third-order valence-electron chi connectivity index (χ3n) is 5.23. The predicted octanol–water partition coefficient (Wildman–Crippen LogP) is 3.68. The predicted molar refractivity (Wildman–Crippen MR) is 86.8 cm³/mol. The van der Waals surface area contributed by atoms with E-state index in [1.165, 1.54) is 18.4 Å². The second-order valence-electron chi connectivity index (χ2n) is 6.59. The number of nitrogens with one attached hydrogen (secondary N) is 1. The number of benzene rings is 1. The van der Waals surface area contributed by atoms with Crippen molar-refractivity contribution in [3.8, 4) is 0 Å². The van der Waals surface area contributed by atoms with Crippen LogP contribution >= 0.6 is 0 Å². The molecule has 1 saturated heterocycles. The highest BCUT2D eigenvalue weighted by Gasteiger charge is 2.37. The van der Waals surface area contributed by atoms with Gasteiger partial charge in [0.2, 0.25) is 0 Å². The highest BCUT2D eigenvalue weighted by molar-refractivity contribution is 5.15. The van der Waals surface area contributed by atoms with Crippen LogP contribution in [-0.2, 0) is 6.54 Å². The monoisotopic (exact) mass is 274 g/mol. The zero-order chi connectivity index (χ0) is 14.6. The van der Waals surface area contributed by atoms with Crippen LogP contribution in [0.2, 0.25) is 0 Å². The summed E-state index contributed by atoms with van der Waals surface area (Å²) in [5.41, 5.74) is 1.71. The van der Waals surface area contributed by atoms with Crippen molar-refractivity contribution in [1.29, 1.82) is 0 Å². The summed E-state index contributed by atoms with van der Waals surface area (Å²) >= 11 is 0. The Labute approximate surface area is 124 Å². The summed E-state index contributed by atoms with van der Waals surface area (Å²) in [7, 11) is 0. The van der Waals surface area contributed by atoms with Gasteiger partial charge in [-0.15, -0.1) is 0 Å². The van der Waals surface area contributed by atoms with E-state index in [9.17, 15) is 0 Å². The Morgan fingerprint density at radius 3 is 2.60 bits per heavy atom. The van der Waals surface area contributed by atoms with E-state index in [1.807, 2.05) is 0 Å². The van der Waals surface area contributed by atoms with Crippen molar-refractivity contribution < 1.29 is 0 Å². The van der Waals surface area contributed by atoms with E-state index in [0.29, 0.717) is 6.04 Å². The molecule has 0 aliphatic carbocycles. The Kier molecular flexibility index (Phi) is 5.22. The second-order valence-corrected chi connectivity index (χ2v) is 6.59. The quantitative estimate of drug-likeness (QED) is 0.881. The van der Waals surface area contributed by atoms with Crippen molar-refractivity contribution in [2.24, 2.45) is 5.92 Å². The molecule has 1 fully saturated rings. The molecule has 2 heteroatoms. The molecule has 3 atom stereocenters. The van der Waals surface area contributed by atoms with Crippen molar-refractivity contribution in [2.75, 3.05) is 13.1 Å². The van der Waals surface area contributed by atoms with E-state index in [0.717, 1.165) is 25.6 Å². The van der Waals surface area contributed by atoms with Gasteiger partial charge < -0.3 is 5.32 Å². The Bertz CT molecular complexity index is 403. The molecule has 1 aromatic carbocycles. The summed E-state index contributed by atoms with van der Waals surface area (Å²) in [4.78, 5) is 2.69. The van der Waals surface area contributed by atoms with Crippen LogP contribution in [0.1, 0.15) is 46.1 Å². The molecule has 1 N–H and O–H groups in total. The molecule has 0 bridgehead atoms. The molecule has 0 spiro atoms. The Morgan fingerprint density at radius 1 is 1.30 bits per heavy atom. The van der Waals surface area contributed by atoms with Gasteiger partial charge in [-0.1, -0.05) is 57.5 Å². The molecule has 20 heavy (non-hydrogen) atoms. The maximum absolute atomic E-state index is 3.79. The first kappa shape index (κ1) is 15.5. The molecule has 1 aliphatic heterocycles. The molecule has 1 aliphatic rings. The maximum Gasteiger partial charge on any atom is 0.0307 e. The van der Waals surface area contributed by atoms with Gasteiger partial charge in [0.1, 0.15) is 0 Å². The van der Waals surface area contributed by atoms with E-state index in [2.05, 4.69) is 68.2 Å². The van der Waals surface area contributed by atoms with E-state index in [4.69, 9.17) is 0 Å². The number of rotatable bonds is 5. The van der Waals surface area contributed by atoms with Crippen LogP contribution in [0.5, 0.6) is 0 Å². The molecule has 3 unspecified atom stereocenters. The molecular weight excluding hydrogens is 244 g/mol. The normalized spacial score (nSPS) is 29.3. The van der Waals surface area contributed by atoms with Crippen molar-refractivity contribution >= 4 is 0 Å². The van der Waals surface area contributed by atoms with Gasteiger partial charge in [0.15, 0.2) is 0 Å². The molecule has 0 amide bonds. The standard InChI is InChI=1S/C18H30N2/c1-5-15(3)17-13-20(18(4,6-2)14-19-17)12-16-10-8-7-9-11-16/h7-11,15,17,19H,5-6,12-14H2,1-4H3. The zero-order valence-electron chi connectivity index (χ0n) is 13.5. The van der Waals surface area contributed by atoms with Crippen LogP contribution in [0.4, 0.5) is 0 Å². The minimum Gasteiger partial charge on any atom is -0.311 e. The van der Waals surface area contributed by atoms with E-state index in [-0.39, 0.29) is 5.54 Å². The molecule has 112 valence electrons. The van der Waals surface area contributed by atoms with Crippen molar-refractivity contribution in [1.82, 2.24) is 10.2 Å². The number of nitrogens with zero attached hydrogens (tertiary/aromatic N) is 1. The smallest absolute Gasteiger partial charge is 0.0307 e. The fraction of sp³-hybridized carbons (Fsp3) is 0.667. The van der Waals surface area contributed by atoms with Gasteiger partial charge in [-0.2, -0.15) is 0 Å². The molecule has 0 aromatic heterocycles. The first-order valence-electron chi connectivity index (χ1n) is 8.11. The average Bonchev–Trinajstić information content (AvgIpc) is 2.50. The highest BCUT2D eigenvalue weighted by atomic mass is 15.3. The Morgan fingerprint density at radius 2 is 2.00 bits per heavy atom. The number of hydrogen-bond acceptors (Lipinski definition) is 2. The topological polar surface area (TPSA) is 15.3 Å². The lowest BCUT2D eigenvalue weighted by atomic mass is 9.87. The lowest BCUT2D eigenvalue weighted by Crippen LogP contribution is -2.63. The first-order valence-corrected chi connectivity index (χ1v) is 8.11. The third kappa shape index (κ3) is 3.42. The minimum absolute atomic E-state index is 0.278. The summed E-state index contributed by atoms with van der Waals surface area (Å²) in [6, 6.07) is 11.5. The number of hydrogen-bond donors (Lipinski definition) is 1. The van der Waals surface area contributed by atoms with Gasteiger partial charge >= 0.3 is 0 Å². The maximum atomic E-state index is 3.79. The zero-order valence-corrected chi connectivity index (χ0v) is 13.5. The minimum atomic E-state index is 0.278. The molecule has 0 radical (unpaired) electrons.